The first-order valence-electron chi connectivity index (χ1n) is 6.93. The number of rotatable bonds is 8. The Kier molecular flexibility index (Phi) is 5.64. The average Bonchev–Trinajstić information content (AvgIpc) is 2.98. The van der Waals surface area contributed by atoms with Crippen LogP contribution in [0, 0.1) is 6.92 Å². The molecule has 7 nitrogen and oxygen atoms in total. The first kappa shape index (κ1) is 16.6. The fraction of sp³-hybridized carbons (Fsp3) is 0.500. The van der Waals surface area contributed by atoms with Crippen LogP contribution in [0.4, 0.5) is 0 Å². The van der Waals surface area contributed by atoms with Crippen LogP contribution in [0.25, 0.3) is 10.3 Å². The molecule has 0 atom stereocenters. The summed E-state index contributed by atoms with van der Waals surface area (Å²) in [4.78, 5) is 15.8. The van der Waals surface area contributed by atoms with Gasteiger partial charge in [-0.1, -0.05) is 0 Å². The van der Waals surface area contributed by atoms with Crippen molar-refractivity contribution in [3.8, 4) is 0 Å². The number of hydrazone groups is 1. The molecule has 0 saturated heterocycles. The van der Waals surface area contributed by atoms with Crippen molar-refractivity contribution < 1.29 is 14.6 Å². The zero-order chi connectivity index (χ0) is 16.1. The molecule has 0 fully saturated rings. The minimum Gasteiger partial charge on any atom is -0.394 e. The minimum atomic E-state index is 0.0163. The Morgan fingerprint density at radius 2 is 2.27 bits per heavy atom. The summed E-state index contributed by atoms with van der Waals surface area (Å²) in [7, 11) is 3.66. The number of hydrogen-bond donors (Lipinski definition) is 1. The lowest BCUT2D eigenvalue weighted by atomic mass is 10.3. The molecule has 0 radical (unpaired) electrons. The van der Waals surface area contributed by atoms with Crippen LogP contribution in [0.3, 0.4) is 0 Å². The van der Waals surface area contributed by atoms with Gasteiger partial charge in [-0.25, -0.2) is 4.98 Å². The molecule has 1 N–H and O–H groups in total. The number of fused-ring (bicyclic) bond motifs is 1. The van der Waals surface area contributed by atoms with Gasteiger partial charge in [-0.2, -0.15) is 5.10 Å². The normalized spacial score (nSPS) is 11.6. The summed E-state index contributed by atoms with van der Waals surface area (Å²) in [6, 6.07) is 0. The number of aromatic nitrogens is 2. The van der Waals surface area contributed by atoms with Crippen LogP contribution in [0.5, 0.6) is 0 Å². The largest absolute Gasteiger partial charge is 0.394 e. The van der Waals surface area contributed by atoms with Crippen molar-refractivity contribution in [2.45, 2.75) is 6.92 Å². The third-order valence-corrected chi connectivity index (χ3v) is 4.20. The Bertz CT molecular complexity index is 677. The van der Waals surface area contributed by atoms with Gasteiger partial charge in [0.25, 0.3) is 0 Å². The van der Waals surface area contributed by atoms with Crippen LogP contribution in [-0.4, -0.2) is 65.6 Å². The fourth-order valence-electron chi connectivity index (χ4n) is 2.07. The molecule has 2 heterocycles. The van der Waals surface area contributed by atoms with E-state index in [1.165, 1.54) is 0 Å². The summed E-state index contributed by atoms with van der Waals surface area (Å²) in [5, 5.41) is 15.7. The molecule has 0 spiro atoms. The first-order valence-corrected chi connectivity index (χ1v) is 7.74. The van der Waals surface area contributed by atoms with Crippen molar-refractivity contribution in [2.75, 3.05) is 33.4 Å². The van der Waals surface area contributed by atoms with Gasteiger partial charge >= 0.3 is 0 Å². The SMILES string of the molecule is Cc1nc2c(s1)c(/C=N\N(C)CCOCCO)c(C=O)n2C. The van der Waals surface area contributed by atoms with Gasteiger partial charge in [-0.15, -0.1) is 11.3 Å². The molecule has 120 valence electrons. The highest BCUT2D eigenvalue weighted by Crippen LogP contribution is 2.28. The number of hydrogen-bond acceptors (Lipinski definition) is 7. The molecule has 2 aromatic rings. The average molecular weight is 324 g/mol. The van der Waals surface area contributed by atoms with Crippen LogP contribution in [0.1, 0.15) is 21.1 Å². The molecule has 0 aromatic carbocycles. The molecular weight excluding hydrogens is 304 g/mol. The van der Waals surface area contributed by atoms with Gasteiger partial charge in [0.2, 0.25) is 0 Å². The second-order valence-corrected chi connectivity index (χ2v) is 6.03. The molecule has 2 rings (SSSR count). The van der Waals surface area contributed by atoms with Crippen molar-refractivity contribution in [3.63, 3.8) is 0 Å². The summed E-state index contributed by atoms with van der Waals surface area (Å²) in [5.41, 5.74) is 2.17. The number of likely N-dealkylation sites (N-methyl/N-ethyl adjacent to an activating group) is 1. The third-order valence-electron chi connectivity index (χ3n) is 3.21. The quantitative estimate of drug-likeness (QED) is 0.339. The van der Waals surface area contributed by atoms with Gasteiger partial charge in [-0.3, -0.25) is 9.80 Å². The van der Waals surface area contributed by atoms with E-state index in [0.29, 0.717) is 25.5 Å². The fourth-order valence-corrected chi connectivity index (χ4v) is 3.04. The lowest BCUT2D eigenvalue weighted by Crippen LogP contribution is -2.18. The number of aldehydes is 1. The van der Waals surface area contributed by atoms with E-state index >= 15 is 0 Å². The van der Waals surface area contributed by atoms with E-state index in [1.807, 2.05) is 21.0 Å². The van der Waals surface area contributed by atoms with E-state index in [4.69, 9.17) is 9.84 Å². The van der Waals surface area contributed by atoms with Gasteiger partial charge in [-0.05, 0) is 6.92 Å². The smallest absolute Gasteiger partial charge is 0.167 e. The van der Waals surface area contributed by atoms with Crippen molar-refractivity contribution in [1.29, 1.82) is 0 Å². The van der Waals surface area contributed by atoms with E-state index in [-0.39, 0.29) is 6.61 Å². The van der Waals surface area contributed by atoms with Gasteiger partial charge in [0, 0.05) is 19.7 Å². The number of nitrogens with zero attached hydrogens (tertiary/aromatic N) is 4. The number of carbonyl (C=O) groups excluding carboxylic acids is 1. The Labute approximate surface area is 132 Å². The number of aryl methyl sites for hydroxylation is 2. The second-order valence-electron chi connectivity index (χ2n) is 4.82. The third kappa shape index (κ3) is 3.52. The molecule has 0 aliphatic heterocycles. The van der Waals surface area contributed by atoms with Crippen LogP contribution in [0.15, 0.2) is 5.10 Å². The standard InChI is InChI=1S/C14H20N4O3S/c1-10-16-14-13(22-10)11(12(9-20)18(14)3)8-15-17(2)4-6-21-7-5-19/h8-9,19H,4-7H2,1-3H3/b15-8-. The van der Waals surface area contributed by atoms with Crippen LogP contribution < -0.4 is 0 Å². The topological polar surface area (TPSA) is 80.0 Å². The van der Waals surface area contributed by atoms with Gasteiger partial charge < -0.3 is 14.4 Å². The molecule has 0 amide bonds. The van der Waals surface area contributed by atoms with Crippen LogP contribution in [-0.2, 0) is 11.8 Å². The lowest BCUT2D eigenvalue weighted by molar-refractivity contribution is 0.0791. The molecule has 0 saturated carbocycles. The Hall–Kier alpha value is -1.77. The Balaban J connectivity index is 2.16. The monoisotopic (exact) mass is 324 g/mol. The molecule has 0 aliphatic rings. The first-order chi connectivity index (χ1) is 10.6. The second kappa shape index (κ2) is 7.48. The van der Waals surface area contributed by atoms with Gasteiger partial charge in [0.05, 0.1) is 48.0 Å². The van der Waals surface area contributed by atoms with Crippen LogP contribution in [0.2, 0.25) is 0 Å². The van der Waals surface area contributed by atoms with Crippen molar-refractivity contribution in [2.24, 2.45) is 12.1 Å². The number of carbonyl (C=O) groups is 1. The lowest BCUT2D eigenvalue weighted by Gasteiger charge is -2.12. The predicted molar refractivity (Wildman–Crippen MR) is 86.8 cm³/mol. The number of aliphatic hydroxyl groups excluding tert-OH is 1. The zero-order valence-electron chi connectivity index (χ0n) is 12.9. The Morgan fingerprint density at radius 3 is 2.95 bits per heavy atom. The van der Waals surface area contributed by atoms with E-state index in [1.54, 1.807) is 27.1 Å². The molecule has 8 heteroatoms. The van der Waals surface area contributed by atoms with Crippen molar-refractivity contribution in [1.82, 2.24) is 14.6 Å². The molecule has 22 heavy (non-hydrogen) atoms. The molecular formula is C14H20N4O3S. The maximum absolute atomic E-state index is 11.3. The van der Waals surface area contributed by atoms with Gasteiger partial charge in [0.15, 0.2) is 11.9 Å². The van der Waals surface area contributed by atoms with E-state index in [0.717, 1.165) is 27.2 Å². The van der Waals surface area contributed by atoms with E-state index in [9.17, 15) is 4.79 Å². The number of thiazole rings is 1. The number of aliphatic hydroxyl groups is 1. The summed E-state index contributed by atoms with van der Waals surface area (Å²) in [6.07, 6.45) is 2.52. The van der Waals surface area contributed by atoms with Crippen molar-refractivity contribution >= 4 is 34.2 Å². The molecule has 0 bridgehead atoms. The maximum Gasteiger partial charge on any atom is 0.167 e. The molecule has 2 aromatic heterocycles. The minimum absolute atomic E-state index is 0.0163. The van der Waals surface area contributed by atoms with Crippen LogP contribution >= 0.6 is 11.3 Å². The highest BCUT2D eigenvalue weighted by molar-refractivity contribution is 7.18. The zero-order valence-corrected chi connectivity index (χ0v) is 13.8. The summed E-state index contributed by atoms with van der Waals surface area (Å²) in [5.74, 6) is 0. The summed E-state index contributed by atoms with van der Waals surface area (Å²) < 4.78 is 7.95. The molecule has 0 unspecified atom stereocenters. The van der Waals surface area contributed by atoms with E-state index < -0.39 is 0 Å². The maximum atomic E-state index is 11.3. The Morgan fingerprint density at radius 1 is 1.50 bits per heavy atom. The molecule has 0 aliphatic carbocycles. The summed E-state index contributed by atoms with van der Waals surface area (Å²) >= 11 is 1.55. The van der Waals surface area contributed by atoms with Gasteiger partial charge in [0.1, 0.15) is 0 Å². The summed E-state index contributed by atoms with van der Waals surface area (Å²) in [6.45, 7) is 3.37. The van der Waals surface area contributed by atoms with Crippen molar-refractivity contribution in [3.05, 3.63) is 16.3 Å². The van der Waals surface area contributed by atoms with E-state index in [2.05, 4.69) is 10.1 Å². The number of ether oxygens (including phenoxy) is 1. The highest BCUT2D eigenvalue weighted by Gasteiger charge is 2.17. The highest BCUT2D eigenvalue weighted by atomic mass is 32.1. The predicted octanol–water partition coefficient (Wildman–Crippen LogP) is 1.03.